The Kier molecular flexibility index (Phi) is 6.02. The largest absolute Gasteiger partial charge is 0.494 e. The molecule has 8 heteroatoms. The summed E-state index contributed by atoms with van der Waals surface area (Å²) in [7, 11) is 0. The average Bonchev–Trinajstić information content (AvgIpc) is 2.72. The van der Waals surface area contributed by atoms with E-state index in [1.807, 2.05) is 54.6 Å². The van der Waals surface area contributed by atoms with E-state index in [0.29, 0.717) is 37.0 Å². The minimum Gasteiger partial charge on any atom is -0.494 e. The molecule has 0 aliphatic heterocycles. The molecular weight excluding hydrogens is 344 g/mol. The van der Waals surface area contributed by atoms with Crippen LogP contribution in [0, 0.1) is 11.3 Å². The van der Waals surface area contributed by atoms with Crippen LogP contribution < -0.4 is 9.47 Å². The summed E-state index contributed by atoms with van der Waals surface area (Å²) in [5.74, 6) is 1.61. The molecular formula is C19H16N6O2. The predicted octanol–water partition coefficient (Wildman–Crippen LogP) is 4.28. The van der Waals surface area contributed by atoms with E-state index >= 15 is 0 Å². The molecule has 0 atom stereocenters. The molecule has 27 heavy (non-hydrogen) atoms. The first kappa shape index (κ1) is 18.0. The highest BCUT2D eigenvalue weighted by Gasteiger charge is 2.10. The Hall–Kier alpha value is -3.82. The number of ether oxygens (including phenoxy) is 2. The molecule has 1 heterocycles. The highest BCUT2D eigenvalue weighted by atomic mass is 16.5. The van der Waals surface area contributed by atoms with Gasteiger partial charge in [-0.3, -0.25) is 0 Å². The number of aromatic nitrogens is 2. The Balaban J connectivity index is 1.80. The molecule has 0 N–H and O–H groups in total. The lowest BCUT2D eigenvalue weighted by atomic mass is 10.2. The highest BCUT2D eigenvalue weighted by molar-refractivity contribution is 5.85. The maximum atomic E-state index is 8.78. The van der Waals surface area contributed by atoms with Gasteiger partial charge in [-0.2, -0.15) is 10.2 Å². The molecule has 3 rings (SSSR count). The van der Waals surface area contributed by atoms with Crippen molar-refractivity contribution in [3.05, 3.63) is 59.0 Å². The number of fused-ring (bicyclic) bond motifs is 1. The van der Waals surface area contributed by atoms with E-state index in [4.69, 9.17) is 20.3 Å². The van der Waals surface area contributed by atoms with E-state index in [-0.39, 0.29) is 6.61 Å². The van der Waals surface area contributed by atoms with Crippen LogP contribution in [0.5, 0.6) is 11.6 Å². The number of benzene rings is 2. The lowest BCUT2D eigenvalue weighted by Gasteiger charge is -2.09. The Morgan fingerprint density at radius 3 is 2.67 bits per heavy atom. The van der Waals surface area contributed by atoms with Gasteiger partial charge in [0.25, 0.3) is 0 Å². The molecule has 0 fully saturated rings. The zero-order chi connectivity index (χ0) is 18.9. The van der Waals surface area contributed by atoms with Crippen LogP contribution in [0.25, 0.3) is 32.7 Å². The fourth-order valence-electron chi connectivity index (χ4n) is 2.46. The summed E-state index contributed by atoms with van der Waals surface area (Å²) >= 11 is 0. The molecule has 134 valence electrons. The Morgan fingerprint density at radius 2 is 1.89 bits per heavy atom. The highest BCUT2D eigenvalue weighted by Crippen LogP contribution is 2.27. The van der Waals surface area contributed by atoms with Gasteiger partial charge in [0.05, 0.1) is 17.5 Å². The zero-order valence-corrected chi connectivity index (χ0v) is 14.4. The normalized spacial score (nSPS) is 10.0. The predicted molar refractivity (Wildman–Crippen MR) is 100 cm³/mol. The summed E-state index contributed by atoms with van der Waals surface area (Å²) < 4.78 is 11.1. The van der Waals surface area contributed by atoms with Crippen LogP contribution in [0.3, 0.4) is 0 Å². The van der Waals surface area contributed by atoms with Gasteiger partial charge in [-0.15, -0.1) is 0 Å². The van der Waals surface area contributed by atoms with Gasteiger partial charge in [0, 0.05) is 17.0 Å². The van der Waals surface area contributed by atoms with Gasteiger partial charge >= 0.3 is 0 Å². The third kappa shape index (κ3) is 4.63. The first-order valence-electron chi connectivity index (χ1n) is 8.32. The third-order valence-corrected chi connectivity index (χ3v) is 3.69. The van der Waals surface area contributed by atoms with Crippen molar-refractivity contribution in [1.82, 2.24) is 9.97 Å². The lowest BCUT2D eigenvalue weighted by Crippen LogP contribution is -2.01. The van der Waals surface area contributed by atoms with Gasteiger partial charge in [0.1, 0.15) is 11.8 Å². The number of nitrogens with zero attached hydrogens (tertiary/aromatic N) is 6. The van der Waals surface area contributed by atoms with E-state index in [2.05, 4.69) is 20.0 Å². The first-order chi connectivity index (χ1) is 13.3. The van der Waals surface area contributed by atoms with Crippen molar-refractivity contribution in [2.45, 2.75) is 6.42 Å². The standard InChI is InChI=1S/C19H16N6O2/c20-10-13-27-19-16-4-1-2-5-17(16)23-18(24-19)14-6-8-15(9-7-14)26-12-3-11-22-25-21/h1-2,4-9H,3,11-13H2. The van der Waals surface area contributed by atoms with Gasteiger partial charge in [0.15, 0.2) is 12.4 Å². The number of hydrogen-bond acceptors (Lipinski definition) is 6. The number of para-hydroxylation sites is 1. The van der Waals surface area contributed by atoms with Crippen LogP contribution in [0.2, 0.25) is 0 Å². The Bertz CT molecular complexity index is 1010. The van der Waals surface area contributed by atoms with Crippen molar-refractivity contribution in [1.29, 1.82) is 5.26 Å². The second kappa shape index (κ2) is 9.04. The molecule has 0 saturated heterocycles. The van der Waals surface area contributed by atoms with Crippen molar-refractivity contribution in [3.8, 4) is 29.1 Å². The fourth-order valence-corrected chi connectivity index (χ4v) is 2.46. The van der Waals surface area contributed by atoms with Crippen molar-refractivity contribution in [2.75, 3.05) is 19.8 Å². The quantitative estimate of drug-likeness (QED) is 0.257. The number of azide groups is 1. The maximum absolute atomic E-state index is 8.78. The molecule has 2 aromatic carbocycles. The van der Waals surface area contributed by atoms with E-state index in [1.165, 1.54) is 0 Å². The summed E-state index contributed by atoms with van der Waals surface area (Å²) in [5, 5.41) is 13.0. The zero-order valence-electron chi connectivity index (χ0n) is 14.4. The summed E-state index contributed by atoms with van der Waals surface area (Å²) in [4.78, 5) is 11.7. The van der Waals surface area contributed by atoms with E-state index in [9.17, 15) is 0 Å². The van der Waals surface area contributed by atoms with Crippen molar-refractivity contribution in [2.24, 2.45) is 5.11 Å². The summed E-state index contributed by atoms with van der Waals surface area (Å²) in [6, 6.07) is 16.8. The lowest BCUT2D eigenvalue weighted by molar-refractivity contribution is 0.313. The van der Waals surface area contributed by atoms with Gasteiger partial charge in [-0.1, -0.05) is 17.2 Å². The number of nitriles is 1. The second-order valence-corrected chi connectivity index (χ2v) is 5.50. The van der Waals surface area contributed by atoms with Crippen LogP contribution in [0.1, 0.15) is 6.42 Å². The van der Waals surface area contributed by atoms with Crippen LogP contribution >= 0.6 is 0 Å². The smallest absolute Gasteiger partial charge is 0.226 e. The minimum atomic E-state index is -0.0803. The molecule has 8 nitrogen and oxygen atoms in total. The van der Waals surface area contributed by atoms with Crippen LogP contribution in [0.4, 0.5) is 0 Å². The molecule has 0 unspecified atom stereocenters. The third-order valence-electron chi connectivity index (χ3n) is 3.69. The van der Waals surface area contributed by atoms with Gasteiger partial charge < -0.3 is 9.47 Å². The molecule has 1 aromatic heterocycles. The van der Waals surface area contributed by atoms with E-state index in [0.717, 1.165) is 16.5 Å². The maximum Gasteiger partial charge on any atom is 0.226 e. The van der Waals surface area contributed by atoms with Gasteiger partial charge in [-0.05, 0) is 48.4 Å². The SMILES string of the molecule is N#CCOc1nc(-c2ccc(OCCCN=[N+]=[N-])cc2)nc2ccccc12. The van der Waals surface area contributed by atoms with Crippen molar-refractivity contribution in [3.63, 3.8) is 0 Å². The molecule has 0 aliphatic rings. The summed E-state index contributed by atoms with van der Waals surface area (Å²) in [6.45, 7) is 0.797. The molecule has 0 radical (unpaired) electrons. The van der Waals surface area contributed by atoms with Crippen LogP contribution in [-0.4, -0.2) is 29.7 Å². The Labute approximate surface area is 155 Å². The van der Waals surface area contributed by atoms with E-state index in [1.54, 1.807) is 0 Å². The first-order valence-corrected chi connectivity index (χ1v) is 8.32. The average molecular weight is 360 g/mol. The van der Waals surface area contributed by atoms with Crippen molar-refractivity contribution < 1.29 is 9.47 Å². The summed E-state index contributed by atoms with van der Waals surface area (Å²) in [6.07, 6.45) is 0.652. The topological polar surface area (TPSA) is 117 Å². The number of rotatable bonds is 8. The molecule has 0 amide bonds. The molecule has 0 aliphatic carbocycles. The molecule has 0 spiro atoms. The van der Waals surface area contributed by atoms with Gasteiger partial charge in [0.2, 0.25) is 5.88 Å². The van der Waals surface area contributed by atoms with Crippen molar-refractivity contribution >= 4 is 10.9 Å². The van der Waals surface area contributed by atoms with Gasteiger partial charge in [-0.25, -0.2) is 4.98 Å². The monoisotopic (exact) mass is 360 g/mol. The molecule has 3 aromatic rings. The summed E-state index contributed by atoms with van der Waals surface area (Å²) in [5.41, 5.74) is 9.79. The van der Waals surface area contributed by atoms with E-state index < -0.39 is 0 Å². The Morgan fingerprint density at radius 1 is 1.07 bits per heavy atom. The number of hydrogen-bond donors (Lipinski definition) is 0. The molecule has 0 bridgehead atoms. The minimum absolute atomic E-state index is 0.0803. The fraction of sp³-hybridized carbons (Fsp3) is 0.211. The second-order valence-electron chi connectivity index (χ2n) is 5.50. The molecule has 0 saturated carbocycles. The van der Waals surface area contributed by atoms with Crippen LogP contribution in [0.15, 0.2) is 53.6 Å². The van der Waals surface area contributed by atoms with Crippen LogP contribution in [-0.2, 0) is 0 Å².